The van der Waals surface area contributed by atoms with E-state index in [4.69, 9.17) is 0 Å². The summed E-state index contributed by atoms with van der Waals surface area (Å²) in [6, 6.07) is 11.6. The number of nitrogens with zero attached hydrogens (tertiary/aromatic N) is 4. The fourth-order valence-corrected chi connectivity index (χ4v) is 3.09. The second kappa shape index (κ2) is 8.16. The Morgan fingerprint density at radius 1 is 1.07 bits per heavy atom. The highest BCUT2D eigenvalue weighted by molar-refractivity contribution is 5.93. The molecule has 0 bridgehead atoms. The van der Waals surface area contributed by atoms with Crippen molar-refractivity contribution in [2.45, 2.75) is 13.0 Å². The van der Waals surface area contributed by atoms with Crippen molar-refractivity contribution in [2.24, 2.45) is 7.05 Å². The average Bonchev–Trinajstić information content (AvgIpc) is 3.30. The number of imidazole rings is 1. The smallest absolute Gasteiger partial charge is 0.246 e. The Morgan fingerprint density at radius 3 is 2.70 bits per heavy atom. The molecule has 2 aromatic heterocycles. The van der Waals surface area contributed by atoms with Crippen LogP contribution in [0, 0.1) is 5.82 Å². The number of carbonyl (C=O) groups excluding carboxylic acids is 2. The third-order valence-corrected chi connectivity index (χ3v) is 4.54. The highest BCUT2D eigenvalue weighted by Gasteiger charge is 2.11. The number of hydrogen-bond donors (Lipinski definition) is 2. The first-order valence-corrected chi connectivity index (χ1v) is 9.24. The van der Waals surface area contributed by atoms with Crippen LogP contribution in [0.15, 0.2) is 61.2 Å². The molecule has 0 saturated carbocycles. The van der Waals surface area contributed by atoms with Crippen LogP contribution < -0.4 is 10.6 Å². The molecule has 0 aliphatic heterocycles. The predicted octanol–water partition coefficient (Wildman–Crippen LogP) is 2.73. The first-order valence-electron chi connectivity index (χ1n) is 9.24. The molecule has 2 N–H and O–H groups in total. The summed E-state index contributed by atoms with van der Waals surface area (Å²) in [5, 5.41) is 9.56. The van der Waals surface area contributed by atoms with Gasteiger partial charge in [0.25, 0.3) is 0 Å². The first kappa shape index (κ1) is 19.3. The summed E-state index contributed by atoms with van der Waals surface area (Å²) in [4.78, 5) is 28.7. The minimum Gasteiger partial charge on any atom is -0.334 e. The molecule has 4 aromatic rings. The van der Waals surface area contributed by atoms with E-state index in [0.29, 0.717) is 16.9 Å². The minimum atomic E-state index is -0.427. The highest BCUT2D eigenvalue weighted by Crippen LogP contribution is 2.17. The third kappa shape index (κ3) is 4.35. The standard InChI is InChI=1S/C21H19FN6O2/c1-27-13-23-18-7-6-15(9-19(18)27)25-21(30)12-28-11-16(10-24-28)26-20(29)8-14-4-2-3-5-17(14)22/h2-7,9-11,13H,8,12H2,1H3,(H,25,30)(H,26,29). The molecule has 0 radical (unpaired) electrons. The summed E-state index contributed by atoms with van der Waals surface area (Å²) in [5.74, 6) is -1.05. The number of benzene rings is 2. The normalized spacial score (nSPS) is 10.9. The van der Waals surface area contributed by atoms with Gasteiger partial charge in [-0.1, -0.05) is 18.2 Å². The topological polar surface area (TPSA) is 93.8 Å². The molecule has 0 aliphatic carbocycles. The van der Waals surface area contributed by atoms with Crippen molar-refractivity contribution in [2.75, 3.05) is 10.6 Å². The maximum Gasteiger partial charge on any atom is 0.246 e. The predicted molar refractivity (Wildman–Crippen MR) is 110 cm³/mol. The fourth-order valence-electron chi connectivity index (χ4n) is 3.09. The van der Waals surface area contributed by atoms with E-state index in [9.17, 15) is 14.0 Å². The van der Waals surface area contributed by atoms with E-state index < -0.39 is 5.82 Å². The summed E-state index contributed by atoms with van der Waals surface area (Å²) in [7, 11) is 1.88. The molecule has 0 spiro atoms. The SMILES string of the molecule is Cn1cnc2ccc(NC(=O)Cn3cc(NC(=O)Cc4ccccc4F)cn3)cc21. The zero-order valence-electron chi connectivity index (χ0n) is 16.2. The number of aryl methyl sites for hydroxylation is 1. The van der Waals surface area contributed by atoms with Gasteiger partial charge in [0.15, 0.2) is 0 Å². The maximum absolute atomic E-state index is 13.7. The molecule has 2 aromatic carbocycles. The number of nitrogens with one attached hydrogen (secondary N) is 2. The van der Waals surface area contributed by atoms with Gasteiger partial charge in [0.1, 0.15) is 12.4 Å². The van der Waals surface area contributed by atoms with Crippen LogP contribution in [0.2, 0.25) is 0 Å². The zero-order valence-corrected chi connectivity index (χ0v) is 16.2. The molecule has 8 nitrogen and oxygen atoms in total. The van der Waals surface area contributed by atoms with Gasteiger partial charge in [-0.25, -0.2) is 9.37 Å². The summed E-state index contributed by atoms with van der Waals surface area (Å²) < 4.78 is 16.9. The van der Waals surface area contributed by atoms with E-state index in [0.717, 1.165) is 11.0 Å². The Morgan fingerprint density at radius 2 is 1.87 bits per heavy atom. The largest absolute Gasteiger partial charge is 0.334 e. The van der Waals surface area contributed by atoms with Crippen LogP contribution in [0.4, 0.5) is 15.8 Å². The summed E-state index contributed by atoms with van der Waals surface area (Å²) in [5.41, 5.74) is 3.15. The van der Waals surface area contributed by atoms with Crippen LogP contribution in [0.25, 0.3) is 11.0 Å². The Balaban J connectivity index is 1.34. The van der Waals surface area contributed by atoms with Gasteiger partial charge in [-0.3, -0.25) is 14.3 Å². The number of rotatable bonds is 6. The van der Waals surface area contributed by atoms with E-state index in [1.54, 1.807) is 36.8 Å². The number of carbonyl (C=O) groups is 2. The molecule has 30 heavy (non-hydrogen) atoms. The zero-order chi connectivity index (χ0) is 21.1. The molecule has 2 amide bonds. The molecular formula is C21H19FN6O2. The monoisotopic (exact) mass is 406 g/mol. The van der Waals surface area contributed by atoms with Crippen molar-refractivity contribution >= 4 is 34.2 Å². The first-order chi connectivity index (χ1) is 14.5. The van der Waals surface area contributed by atoms with Gasteiger partial charge in [0.2, 0.25) is 11.8 Å². The van der Waals surface area contributed by atoms with Gasteiger partial charge in [-0.15, -0.1) is 0 Å². The molecule has 2 heterocycles. The molecule has 9 heteroatoms. The van der Waals surface area contributed by atoms with E-state index >= 15 is 0 Å². The second-order valence-electron chi connectivity index (χ2n) is 6.85. The molecule has 4 rings (SSSR count). The highest BCUT2D eigenvalue weighted by atomic mass is 19.1. The lowest BCUT2D eigenvalue weighted by atomic mass is 10.1. The molecule has 0 fully saturated rings. The second-order valence-corrected chi connectivity index (χ2v) is 6.85. The number of halogens is 1. The maximum atomic E-state index is 13.7. The number of anilines is 2. The Kier molecular flexibility index (Phi) is 5.25. The van der Waals surface area contributed by atoms with Gasteiger partial charge < -0.3 is 15.2 Å². The van der Waals surface area contributed by atoms with E-state index in [1.165, 1.54) is 16.9 Å². The van der Waals surface area contributed by atoms with Crippen LogP contribution in [0.1, 0.15) is 5.56 Å². The van der Waals surface area contributed by atoms with Crippen molar-refractivity contribution < 1.29 is 14.0 Å². The quantitative estimate of drug-likeness (QED) is 0.515. The van der Waals surface area contributed by atoms with Gasteiger partial charge in [0.05, 0.1) is 35.7 Å². The van der Waals surface area contributed by atoms with Crippen molar-refractivity contribution in [3.63, 3.8) is 0 Å². The Bertz CT molecular complexity index is 1230. The lowest BCUT2D eigenvalue weighted by Crippen LogP contribution is -2.19. The van der Waals surface area contributed by atoms with Gasteiger partial charge >= 0.3 is 0 Å². The third-order valence-electron chi connectivity index (χ3n) is 4.54. The molecular weight excluding hydrogens is 387 g/mol. The van der Waals surface area contributed by atoms with Gasteiger partial charge in [-0.2, -0.15) is 5.10 Å². The van der Waals surface area contributed by atoms with E-state index in [1.807, 2.05) is 23.7 Å². The Hall–Kier alpha value is -4.01. The van der Waals surface area contributed by atoms with Crippen molar-refractivity contribution in [3.8, 4) is 0 Å². The van der Waals surface area contributed by atoms with Gasteiger partial charge in [-0.05, 0) is 29.8 Å². The molecule has 0 unspecified atom stereocenters. The fraction of sp³-hybridized carbons (Fsp3) is 0.143. The average molecular weight is 406 g/mol. The van der Waals surface area contributed by atoms with Crippen molar-refractivity contribution in [3.05, 3.63) is 72.6 Å². The van der Waals surface area contributed by atoms with Crippen molar-refractivity contribution in [1.29, 1.82) is 0 Å². The lowest BCUT2D eigenvalue weighted by molar-refractivity contribution is -0.117. The summed E-state index contributed by atoms with van der Waals surface area (Å²) in [6.45, 7) is -0.0212. The van der Waals surface area contributed by atoms with Gasteiger partial charge in [0, 0.05) is 18.9 Å². The molecule has 0 saturated heterocycles. The lowest BCUT2D eigenvalue weighted by Gasteiger charge is -2.06. The van der Waals surface area contributed by atoms with Crippen LogP contribution in [0.5, 0.6) is 0 Å². The summed E-state index contributed by atoms with van der Waals surface area (Å²) >= 11 is 0. The summed E-state index contributed by atoms with van der Waals surface area (Å²) in [6.07, 6.45) is 4.61. The minimum absolute atomic E-state index is 0.0212. The van der Waals surface area contributed by atoms with Crippen molar-refractivity contribution in [1.82, 2.24) is 19.3 Å². The van der Waals surface area contributed by atoms with E-state index in [2.05, 4.69) is 20.7 Å². The number of aromatic nitrogens is 4. The molecule has 0 aliphatic rings. The van der Waals surface area contributed by atoms with Crippen LogP contribution in [0.3, 0.4) is 0 Å². The Labute approximate surface area is 171 Å². The number of fused-ring (bicyclic) bond motifs is 1. The molecule has 0 atom stereocenters. The number of hydrogen-bond acceptors (Lipinski definition) is 4. The van der Waals surface area contributed by atoms with E-state index in [-0.39, 0.29) is 24.8 Å². The molecule has 152 valence electrons. The van der Waals surface area contributed by atoms with Crippen LogP contribution in [-0.4, -0.2) is 31.1 Å². The number of amides is 2. The van der Waals surface area contributed by atoms with Crippen LogP contribution in [-0.2, 0) is 29.6 Å². The van der Waals surface area contributed by atoms with Crippen LogP contribution >= 0.6 is 0 Å².